The van der Waals surface area contributed by atoms with Crippen molar-refractivity contribution in [1.29, 1.82) is 0 Å². The SMILES string of the molecule is Cc1ccccc1NS(=O)(=O)c1cccc(C(=O)NCCCc2ccc(Cl)cc2)c1. The second-order valence-corrected chi connectivity index (χ2v) is 9.05. The number of anilines is 1. The second-order valence-electron chi connectivity index (χ2n) is 6.93. The van der Waals surface area contributed by atoms with Gasteiger partial charge in [0, 0.05) is 17.1 Å². The summed E-state index contributed by atoms with van der Waals surface area (Å²) in [4.78, 5) is 12.5. The molecule has 3 aromatic rings. The number of para-hydroxylation sites is 1. The molecule has 3 rings (SSSR count). The van der Waals surface area contributed by atoms with Gasteiger partial charge in [-0.15, -0.1) is 0 Å². The number of halogens is 1. The molecular weight excluding hydrogens is 420 g/mol. The molecular formula is C23H23ClN2O3S. The minimum atomic E-state index is -3.80. The maximum atomic E-state index is 12.7. The van der Waals surface area contributed by atoms with Crippen LogP contribution in [0, 0.1) is 6.92 Å². The molecule has 1 amide bonds. The molecule has 0 bridgehead atoms. The lowest BCUT2D eigenvalue weighted by atomic mass is 10.1. The Hall–Kier alpha value is -2.83. The zero-order valence-electron chi connectivity index (χ0n) is 16.6. The van der Waals surface area contributed by atoms with Gasteiger partial charge in [0.2, 0.25) is 0 Å². The van der Waals surface area contributed by atoms with Crippen LogP contribution in [0.5, 0.6) is 0 Å². The summed E-state index contributed by atoms with van der Waals surface area (Å²) < 4.78 is 28.0. The van der Waals surface area contributed by atoms with Crippen LogP contribution < -0.4 is 10.0 Å². The summed E-state index contributed by atoms with van der Waals surface area (Å²) in [7, 11) is -3.80. The normalized spacial score (nSPS) is 11.1. The summed E-state index contributed by atoms with van der Waals surface area (Å²) in [6.07, 6.45) is 1.58. The van der Waals surface area contributed by atoms with Gasteiger partial charge in [0.15, 0.2) is 0 Å². The number of hydrogen-bond donors (Lipinski definition) is 2. The Balaban J connectivity index is 1.60. The molecule has 0 aliphatic rings. The molecule has 156 valence electrons. The molecule has 0 aromatic heterocycles. The molecule has 0 aliphatic carbocycles. The van der Waals surface area contributed by atoms with Crippen molar-refractivity contribution in [1.82, 2.24) is 5.32 Å². The number of carbonyl (C=O) groups is 1. The van der Waals surface area contributed by atoms with E-state index in [0.717, 1.165) is 24.0 Å². The standard InChI is InChI=1S/C23H23ClN2O3S/c1-17-6-2-3-10-22(17)26-30(28,29)21-9-4-8-19(16-21)23(27)25-15-5-7-18-11-13-20(24)14-12-18/h2-4,6,8-14,16,26H,5,7,15H2,1H3,(H,25,27). The monoisotopic (exact) mass is 442 g/mol. The van der Waals surface area contributed by atoms with Gasteiger partial charge in [-0.3, -0.25) is 9.52 Å². The number of nitrogens with one attached hydrogen (secondary N) is 2. The average Bonchev–Trinajstić information content (AvgIpc) is 2.74. The minimum absolute atomic E-state index is 0.0413. The Morgan fingerprint density at radius 2 is 1.70 bits per heavy atom. The highest BCUT2D eigenvalue weighted by Crippen LogP contribution is 2.20. The third-order valence-corrected chi connectivity index (χ3v) is 6.25. The van der Waals surface area contributed by atoms with E-state index in [-0.39, 0.29) is 10.8 Å². The van der Waals surface area contributed by atoms with Crippen molar-refractivity contribution in [3.63, 3.8) is 0 Å². The molecule has 0 radical (unpaired) electrons. The zero-order valence-corrected chi connectivity index (χ0v) is 18.1. The maximum Gasteiger partial charge on any atom is 0.261 e. The lowest BCUT2D eigenvalue weighted by molar-refractivity contribution is 0.0953. The lowest BCUT2D eigenvalue weighted by Gasteiger charge is -2.11. The molecule has 0 unspecified atom stereocenters. The fourth-order valence-electron chi connectivity index (χ4n) is 2.94. The first kappa shape index (κ1) is 21.9. The Kier molecular flexibility index (Phi) is 7.13. The number of benzene rings is 3. The third-order valence-electron chi connectivity index (χ3n) is 4.64. The quantitative estimate of drug-likeness (QED) is 0.491. The van der Waals surface area contributed by atoms with Gasteiger partial charge < -0.3 is 5.32 Å². The van der Waals surface area contributed by atoms with Crippen LogP contribution >= 0.6 is 11.6 Å². The molecule has 7 heteroatoms. The van der Waals surface area contributed by atoms with Crippen molar-refractivity contribution >= 4 is 33.2 Å². The predicted molar refractivity (Wildman–Crippen MR) is 121 cm³/mol. The molecule has 30 heavy (non-hydrogen) atoms. The summed E-state index contributed by atoms with van der Waals surface area (Å²) in [6, 6.07) is 20.7. The van der Waals surface area contributed by atoms with Crippen LogP contribution in [0.25, 0.3) is 0 Å². The van der Waals surface area contributed by atoms with E-state index < -0.39 is 10.0 Å². The Bertz CT molecular complexity index is 1130. The van der Waals surface area contributed by atoms with Gasteiger partial charge in [-0.25, -0.2) is 8.42 Å². The fourth-order valence-corrected chi connectivity index (χ4v) is 4.25. The Morgan fingerprint density at radius 3 is 2.43 bits per heavy atom. The maximum absolute atomic E-state index is 12.7. The molecule has 0 spiro atoms. The molecule has 0 saturated heterocycles. The number of aryl methyl sites for hydroxylation is 2. The number of sulfonamides is 1. The van der Waals surface area contributed by atoms with Gasteiger partial charge in [0.25, 0.3) is 15.9 Å². The highest BCUT2D eigenvalue weighted by atomic mass is 35.5. The minimum Gasteiger partial charge on any atom is -0.352 e. The van der Waals surface area contributed by atoms with Gasteiger partial charge in [-0.1, -0.05) is 48.0 Å². The van der Waals surface area contributed by atoms with E-state index in [0.29, 0.717) is 22.8 Å². The number of carbonyl (C=O) groups excluding carboxylic acids is 1. The molecule has 2 N–H and O–H groups in total. The first-order valence-corrected chi connectivity index (χ1v) is 11.4. The molecule has 0 saturated carbocycles. The van der Waals surface area contributed by atoms with Crippen LogP contribution in [0.3, 0.4) is 0 Å². The van der Waals surface area contributed by atoms with E-state index in [1.165, 1.54) is 12.1 Å². The van der Waals surface area contributed by atoms with Gasteiger partial charge >= 0.3 is 0 Å². The Morgan fingerprint density at radius 1 is 0.967 bits per heavy atom. The van der Waals surface area contributed by atoms with Crippen LogP contribution in [0.1, 0.15) is 27.9 Å². The molecule has 5 nitrogen and oxygen atoms in total. The largest absolute Gasteiger partial charge is 0.352 e. The summed E-state index contributed by atoms with van der Waals surface area (Å²) in [5.74, 6) is -0.306. The first-order chi connectivity index (χ1) is 14.3. The third kappa shape index (κ3) is 5.84. The van der Waals surface area contributed by atoms with Gasteiger partial charge in [0.1, 0.15) is 0 Å². The second kappa shape index (κ2) is 9.78. The number of amides is 1. The van der Waals surface area contributed by atoms with Crippen molar-refractivity contribution in [2.45, 2.75) is 24.7 Å². The van der Waals surface area contributed by atoms with Crippen LogP contribution in [-0.2, 0) is 16.4 Å². The highest BCUT2D eigenvalue weighted by Gasteiger charge is 2.17. The predicted octanol–water partition coefficient (Wildman–Crippen LogP) is 4.81. The molecule has 0 fully saturated rings. The van der Waals surface area contributed by atoms with Crippen molar-refractivity contribution in [3.8, 4) is 0 Å². The van der Waals surface area contributed by atoms with Gasteiger partial charge in [-0.2, -0.15) is 0 Å². The Labute approximate surface area is 182 Å². The van der Waals surface area contributed by atoms with E-state index in [1.54, 1.807) is 24.3 Å². The van der Waals surface area contributed by atoms with Crippen LogP contribution in [0.15, 0.2) is 77.7 Å². The zero-order chi connectivity index (χ0) is 21.6. The van der Waals surface area contributed by atoms with Crippen molar-refractivity contribution in [2.75, 3.05) is 11.3 Å². The molecule has 3 aromatic carbocycles. The average molecular weight is 443 g/mol. The topological polar surface area (TPSA) is 75.3 Å². The van der Waals surface area contributed by atoms with E-state index in [2.05, 4.69) is 10.0 Å². The lowest BCUT2D eigenvalue weighted by Crippen LogP contribution is -2.25. The van der Waals surface area contributed by atoms with E-state index in [9.17, 15) is 13.2 Å². The van der Waals surface area contributed by atoms with Crippen molar-refractivity contribution in [2.24, 2.45) is 0 Å². The summed E-state index contributed by atoms with van der Waals surface area (Å²) >= 11 is 5.88. The van der Waals surface area contributed by atoms with Crippen molar-refractivity contribution in [3.05, 3.63) is 94.5 Å². The highest BCUT2D eigenvalue weighted by molar-refractivity contribution is 7.92. The van der Waals surface area contributed by atoms with E-state index in [4.69, 9.17) is 11.6 Å². The van der Waals surface area contributed by atoms with E-state index in [1.807, 2.05) is 43.3 Å². The molecule has 0 aliphatic heterocycles. The summed E-state index contributed by atoms with van der Waals surface area (Å²) in [5, 5.41) is 3.53. The van der Waals surface area contributed by atoms with E-state index >= 15 is 0 Å². The molecule has 0 atom stereocenters. The van der Waals surface area contributed by atoms with Gasteiger partial charge in [0.05, 0.1) is 10.6 Å². The summed E-state index contributed by atoms with van der Waals surface area (Å²) in [5.41, 5.74) is 2.77. The van der Waals surface area contributed by atoms with Crippen LogP contribution in [0.4, 0.5) is 5.69 Å². The van der Waals surface area contributed by atoms with Gasteiger partial charge in [-0.05, 0) is 67.3 Å². The molecule has 0 heterocycles. The van der Waals surface area contributed by atoms with Crippen molar-refractivity contribution < 1.29 is 13.2 Å². The summed E-state index contributed by atoms with van der Waals surface area (Å²) in [6.45, 7) is 2.31. The van der Waals surface area contributed by atoms with Crippen LogP contribution in [0.2, 0.25) is 5.02 Å². The smallest absolute Gasteiger partial charge is 0.261 e. The van der Waals surface area contributed by atoms with Crippen LogP contribution in [-0.4, -0.2) is 20.9 Å². The first-order valence-electron chi connectivity index (χ1n) is 9.56. The number of rotatable bonds is 8. The number of hydrogen-bond acceptors (Lipinski definition) is 3. The fraction of sp³-hybridized carbons (Fsp3) is 0.174.